The monoisotopic (exact) mass is 289 g/mol. The molecule has 1 aliphatic carbocycles. The zero-order chi connectivity index (χ0) is 14.7. The van der Waals surface area contributed by atoms with Gasteiger partial charge < -0.3 is 5.32 Å². The van der Waals surface area contributed by atoms with E-state index in [-0.39, 0.29) is 11.9 Å². The molecule has 0 aromatic rings. The molecule has 0 aromatic heterocycles. The summed E-state index contributed by atoms with van der Waals surface area (Å²) in [4.78, 5) is 15.3. The number of nitrogens with one attached hydrogen (secondary N) is 1. The molecule has 3 aliphatic rings. The Bertz CT molecular complexity index is 420. The Morgan fingerprint density at radius 2 is 1.81 bits per heavy atom. The Morgan fingerprint density at radius 1 is 1.05 bits per heavy atom. The average molecular weight is 289 g/mol. The van der Waals surface area contributed by atoms with Gasteiger partial charge in [-0.1, -0.05) is 32.1 Å². The van der Waals surface area contributed by atoms with Gasteiger partial charge in [0.25, 0.3) is 0 Å². The van der Waals surface area contributed by atoms with E-state index >= 15 is 0 Å². The van der Waals surface area contributed by atoms with Crippen molar-refractivity contribution in [2.24, 2.45) is 5.41 Å². The zero-order valence-corrected chi connectivity index (χ0v) is 12.9. The van der Waals surface area contributed by atoms with Crippen LogP contribution in [-0.2, 0) is 4.79 Å². The first-order chi connectivity index (χ1) is 10.2. The van der Waals surface area contributed by atoms with E-state index in [4.69, 9.17) is 0 Å². The summed E-state index contributed by atoms with van der Waals surface area (Å²) in [5.74, 6) is 0.0179. The fourth-order valence-corrected chi connectivity index (χ4v) is 4.44. The molecule has 2 atom stereocenters. The van der Waals surface area contributed by atoms with Crippen molar-refractivity contribution in [1.82, 2.24) is 10.2 Å². The summed E-state index contributed by atoms with van der Waals surface area (Å²) in [5, 5.41) is 12.9. The van der Waals surface area contributed by atoms with Crippen molar-refractivity contribution in [3.05, 3.63) is 0 Å². The largest absolute Gasteiger partial charge is 0.350 e. The molecule has 3 rings (SSSR count). The van der Waals surface area contributed by atoms with Crippen LogP contribution in [0.4, 0.5) is 0 Å². The molecule has 116 valence electrons. The lowest BCUT2D eigenvalue weighted by molar-refractivity contribution is -0.129. The second kappa shape index (κ2) is 6.36. The number of hydrogen-bond acceptors (Lipinski definition) is 3. The Kier molecular flexibility index (Phi) is 4.49. The number of carbonyl (C=O) groups excluding carboxylic acids is 1. The Hall–Kier alpha value is -1.08. The predicted molar refractivity (Wildman–Crippen MR) is 81.5 cm³/mol. The molecular weight excluding hydrogens is 262 g/mol. The first-order valence-electron chi connectivity index (χ1n) is 8.71. The van der Waals surface area contributed by atoms with Gasteiger partial charge in [-0.2, -0.15) is 5.26 Å². The fourth-order valence-electron chi connectivity index (χ4n) is 4.44. The van der Waals surface area contributed by atoms with E-state index in [0.717, 1.165) is 51.5 Å². The lowest BCUT2D eigenvalue weighted by Gasteiger charge is -2.34. The second-order valence-electron chi connectivity index (χ2n) is 7.08. The SMILES string of the molecule is N#CC1(C(=O)NC2CCN3CCCCC23)CCCCCC1. The van der Waals surface area contributed by atoms with Gasteiger partial charge in [0.05, 0.1) is 6.07 Å². The van der Waals surface area contributed by atoms with E-state index in [9.17, 15) is 10.1 Å². The predicted octanol–water partition coefficient (Wildman–Crippen LogP) is 2.59. The van der Waals surface area contributed by atoms with Crippen LogP contribution in [0.1, 0.15) is 64.2 Å². The van der Waals surface area contributed by atoms with Crippen molar-refractivity contribution in [3.63, 3.8) is 0 Å². The van der Waals surface area contributed by atoms with Crippen LogP contribution in [0.15, 0.2) is 0 Å². The number of fused-ring (bicyclic) bond motifs is 1. The van der Waals surface area contributed by atoms with Crippen LogP contribution >= 0.6 is 0 Å². The lowest BCUT2D eigenvalue weighted by Crippen LogP contribution is -2.51. The molecule has 4 heteroatoms. The third-order valence-corrected chi connectivity index (χ3v) is 5.78. The summed E-state index contributed by atoms with van der Waals surface area (Å²) in [7, 11) is 0. The maximum absolute atomic E-state index is 12.8. The topological polar surface area (TPSA) is 56.1 Å². The Morgan fingerprint density at radius 3 is 2.52 bits per heavy atom. The zero-order valence-electron chi connectivity index (χ0n) is 12.9. The van der Waals surface area contributed by atoms with Gasteiger partial charge in [-0.3, -0.25) is 9.69 Å². The smallest absolute Gasteiger partial charge is 0.240 e. The van der Waals surface area contributed by atoms with Crippen molar-refractivity contribution in [1.29, 1.82) is 5.26 Å². The molecule has 2 unspecified atom stereocenters. The molecule has 1 N–H and O–H groups in total. The minimum atomic E-state index is -0.751. The molecule has 2 heterocycles. The highest BCUT2D eigenvalue weighted by atomic mass is 16.2. The molecule has 2 saturated heterocycles. The third-order valence-electron chi connectivity index (χ3n) is 5.78. The molecule has 4 nitrogen and oxygen atoms in total. The highest BCUT2D eigenvalue weighted by Gasteiger charge is 2.43. The summed E-state index contributed by atoms with van der Waals surface area (Å²) in [6.07, 6.45) is 10.7. The van der Waals surface area contributed by atoms with E-state index in [2.05, 4.69) is 16.3 Å². The van der Waals surface area contributed by atoms with Crippen molar-refractivity contribution in [2.45, 2.75) is 76.3 Å². The van der Waals surface area contributed by atoms with Gasteiger partial charge in [-0.25, -0.2) is 0 Å². The first-order valence-corrected chi connectivity index (χ1v) is 8.71. The normalized spacial score (nSPS) is 32.7. The number of hydrogen-bond donors (Lipinski definition) is 1. The molecule has 21 heavy (non-hydrogen) atoms. The van der Waals surface area contributed by atoms with Crippen LogP contribution in [0, 0.1) is 16.7 Å². The minimum Gasteiger partial charge on any atom is -0.350 e. The standard InChI is InChI=1S/C17H27N3O/c18-13-17(9-4-1-2-5-10-17)16(21)19-14-8-12-20-11-6-3-7-15(14)20/h14-15H,1-12H2,(H,19,21). The van der Waals surface area contributed by atoms with Crippen LogP contribution in [0.5, 0.6) is 0 Å². The number of piperidine rings is 1. The number of rotatable bonds is 2. The van der Waals surface area contributed by atoms with Gasteiger partial charge in [-0.05, 0) is 38.6 Å². The minimum absolute atomic E-state index is 0.0179. The highest BCUT2D eigenvalue weighted by molar-refractivity contribution is 5.85. The van der Waals surface area contributed by atoms with Crippen molar-refractivity contribution in [3.8, 4) is 6.07 Å². The van der Waals surface area contributed by atoms with E-state index in [1.54, 1.807) is 0 Å². The molecule has 0 aromatic carbocycles. The maximum atomic E-state index is 12.8. The molecule has 2 aliphatic heterocycles. The molecule has 0 radical (unpaired) electrons. The van der Waals surface area contributed by atoms with Crippen molar-refractivity contribution < 1.29 is 4.79 Å². The number of amides is 1. The quantitative estimate of drug-likeness (QED) is 0.795. The number of nitriles is 1. The Labute approximate surface area is 127 Å². The van der Waals surface area contributed by atoms with E-state index in [0.29, 0.717) is 6.04 Å². The van der Waals surface area contributed by atoms with E-state index in [1.165, 1.54) is 25.8 Å². The molecule has 0 spiro atoms. The summed E-state index contributed by atoms with van der Waals surface area (Å²) in [6, 6.07) is 3.17. The first kappa shape index (κ1) is 14.8. The van der Waals surface area contributed by atoms with Crippen LogP contribution in [0.3, 0.4) is 0 Å². The van der Waals surface area contributed by atoms with Crippen LogP contribution < -0.4 is 5.32 Å². The van der Waals surface area contributed by atoms with Crippen molar-refractivity contribution >= 4 is 5.91 Å². The third kappa shape index (κ3) is 2.94. The number of nitrogens with zero attached hydrogens (tertiary/aromatic N) is 2. The molecular formula is C17H27N3O. The Balaban J connectivity index is 1.66. The van der Waals surface area contributed by atoms with Gasteiger partial charge >= 0.3 is 0 Å². The summed E-state index contributed by atoms with van der Waals surface area (Å²) in [5.41, 5.74) is -0.751. The van der Waals surface area contributed by atoms with Gasteiger partial charge in [0.1, 0.15) is 5.41 Å². The maximum Gasteiger partial charge on any atom is 0.240 e. The van der Waals surface area contributed by atoms with Crippen LogP contribution in [-0.4, -0.2) is 36.0 Å². The van der Waals surface area contributed by atoms with Crippen LogP contribution in [0.25, 0.3) is 0 Å². The summed E-state index contributed by atoms with van der Waals surface area (Å²) < 4.78 is 0. The molecule has 1 amide bonds. The van der Waals surface area contributed by atoms with E-state index in [1.807, 2.05) is 0 Å². The number of carbonyl (C=O) groups is 1. The van der Waals surface area contributed by atoms with Gasteiger partial charge in [0.2, 0.25) is 5.91 Å². The second-order valence-corrected chi connectivity index (χ2v) is 7.08. The molecule has 0 bridgehead atoms. The summed E-state index contributed by atoms with van der Waals surface area (Å²) in [6.45, 7) is 2.29. The van der Waals surface area contributed by atoms with Gasteiger partial charge in [-0.15, -0.1) is 0 Å². The fraction of sp³-hybridized carbons (Fsp3) is 0.882. The van der Waals surface area contributed by atoms with Gasteiger partial charge in [0.15, 0.2) is 0 Å². The summed E-state index contributed by atoms with van der Waals surface area (Å²) >= 11 is 0. The van der Waals surface area contributed by atoms with Crippen molar-refractivity contribution in [2.75, 3.05) is 13.1 Å². The van der Waals surface area contributed by atoms with E-state index < -0.39 is 5.41 Å². The molecule has 1 saturated carbocycles. The van der Waals surface area contributed by atoms with Crippen LogP contribution in [0.2, 0.25) is 0 Å². The average Bonchev–Trinajstić information content (AvgIpc) is 2.76. The molecule has 3 fully saturated rings. The lowest BCUT2D eigenvalue weighted by atomic mass is 9.80. The van der Waals surface area contributed by atoms with Gasteiger partial charge in [0, 0.05) is 18.6 Å². The highest BCUT2D eigenvalue weighted by Crippen LogP contribution is 2.36.